The number of benzene rings is 1. The first-order valence-corrected chi connectivity index (χ1v) is 11.3. The van der Waals surface area contributed by atoms with Crippen molar-refractivity contribution < 1.29 is 13.2 Å². The number of carbonyl (C=O) groups excluding carboxylic acids is 1. The highest BCUT2D eigenvalue weighted by Crippen LogP contribution is 2.22. The van der Waals surface area contributed by atoms with Crippen molar-refractivity contribution in [2.75, 3.05) is 25.5 Å². The first-order chi connectivity index (χ1) is 12.9. The van der Waals surface area contributed by atoms with E-state index in [2.05, 4.69) is 5.32 Å². The summed E-state index contributed by atoms with van der Waals surface area (Å²) in [5, 5.41) is 4.88. The number of anilines is 1. The van der Waals surface area contributed by atoms with Crippen LogP contribution in [0.2, 0.25) is 0 Å². The van der Waals surface area contributed by atoms with Gasteiger partial charge in [-0.15, -0.1) is 11.3 Å². The van der Waals surface area contributed by atoms with E-state index in [1.54, 1.807) is 35.6 Å². The van der Waals surface area contributed by atoms with E-state index in [1.165, 1.54) is 9.18 Å². The van der Waals surface area contributed by atoms with Gasteiger partial charge in [0.05, 0.1) is 10.9 Å². The minimum atomic E-state index is -3.43. The molecule has 2 aromatic rings. The predicted octanol–water partition coefficient (Wildman–Crippen LogP) is 2.99. The fraction of sp³-hybridized carbons (Fsp3) is 0.421. The van der Waals surface area contributed by atoms with Gasteiger partial charge in [0.15, 0.2) is 0 Å². The molecule has 1 amide bonds. The highest BCUT2D eigenvalue weighted by Gasteiger charge is 2.27. The molecule has 2 heterocycles. The van der Waals surface area contributed by atoms with Gasteiger partial charge in [0.2, 0.25) is 15.9 Å². The smallest absolute Gasteiger partial charge is 0.243 e. The van der Waals surface area contributed by atoms with Crippen LogP contribution in [0.1, 0.15) is 24.6 Å². The molecule has 1 aliphatic rings. The predicted molar refractivity (Wildman–Crippen MR) is 108 cm³/mol. The molecule has 1 saturated heterocycles. The SMILES string of the molecule is C[C@H](C(=O)Nc1ccc(S(=O)(=O)N2CCCC2)cc1)N(C)Cc1cccs1. The Morgan fingerprint density at radius 1 is 1.22 bits per heavy atom. The minimum absolute atomic E-state index is 0.121. The lowest BCUT2D eigenvalue weighted by molar-refractivity contribution is -0.120. The van der Waals surface area contributed by atoms with Crippen LogP contribution in [0.25, 0.3) is 0 Å². The van der Waals surface area contributed by atoms with Crippen molar-refractivity contribution in [2.45, 2.75) is 37.2 Å². The Morgan fingerprint density at radius 2 is 1.89 bits per heavy atom. The third-order valence-corrected chi connectivity index (χ3v) is 7.62. The van der Waals surface area contributed by atoms with Gasteiger partial charge in [-0.3, -0.25) is 9.69 Å². The molecule has 1 aromatic carbocycles. The van der Waals surface area contributed by atoms with Gasteiger partial charge in [-0.25, -0.2) is 8.42 Å². The highest BCUT2D eigenvalue weighted by atomic mass is 32.2. The Morgan fingerprint density at radius 3 is 2.48 bits per heavy atom. The summed E-state index contributed by atoms with van der Waals surface area (Å²) in [6.07, 6.45) is 1.81. The number of amides is 1. The molecule has 1 aromatic heterocycles. The van der Waals surface area contributed by atoms with Crippen molar-refractivity contribution in [1.82, 2.24) is 9.21 Å². The van der Waals surface area contributed by atoms with E-state index >= 15 is 0 Å². The van der Waals surface area contributed by atoms with Crippen LogP contribution in [0.4, 0.5) is 5.69 Å². The quantitative estimate of drug-likeness (QED) is 0.766. The molecule has 3 rings (SSSR count). The van der Waals surface area contributed by atoms with Gasteiger partial charge in [-0.05, 0) is 62.5 Å². The maximum Gasteiger partial charge on any atom is 0.243 e. The van der Waals surface area contributed by atoms with Gasteiger partial charge in [0, 0.05) is 30.2 Å². The molecular formula is C19H25N3O3S2. The number of likely N-dealkylation sites (N-methyl/N-ethyl adjacent to an activating group) is 1. The van der Waals surface area contributed by atoms with Crippen molar-refractivity contribution in [3.05, 3.63) is 46.7 Å². The molecule has 0 radical (unpaired) electrons. The number of thiophene rings is 1. The Hall–Kier alpha value is -1.74. The van der Waals surface area contributed by atoms with Gasteiger partial charge in [-0.1, -0.05) is 6.07 Å². The van der Waals surface area contributed by atoms with Gasteiger partial charge >= 0.3 is 0 Å². The molecule has 0 unspecified atom stereocenters. The van der Waals surface area contributed by atoms with Crippen LogP contribution < -0.4 is 5.32 Å². The maximum atomic E-state index is 12.5. The van der Waals surface area contributed by atoms with Gasteiger partial charge in [0.25, 0.3) is 0 Å². The zero-order valence-electron chi connectivity index (χ0n) is 15.6. The average Bonchev–Trinajstić information content (AvgIpc) is 3.35. The molecule has 0 saturated carbocycles. The molecule has 0 bridgehead atoms. The van der Waals surface area contributed by atoms with Crippen molar-refractivity contribution in [3.63, 3.8) is 0 Å². The zero-order chi connectivity index (χ0) is 19.4. The lowest BCUT2D eigenvalue weighted by Gasteiger charge is -2.23. The summed E-state index contributed by atoms with van der Waals surface area (Å²) in [6, 6.07) is 10.1. The van der Waals surface area contributed by atoms with E-state index in [1.807, 2.05) is 36.4 Å². The van der Waals surface area contributed by atoms with E-state index in [9.17, 15) is 13.2 Å². The molecular weight excluding hydrogens is 382 g/mol. The topological polar surface area (TPSA) is 69.7 Å². The highest BCUT2D eigenvalue weighted by molar-refractivity contribution is 7.89. The molecule has 1 aliphatic heterocycles. The summed E-state index contributed by atoms with van der Waals surface area (Å²) in [5.74, 6) is -0.121. The lowest BCUT2D eigenvalue weighted by Crippen LogP contribution is -2.39. The van der Waals surface area contributed by atoms with Crippen LogP contribution >= 0.6 is 11.3 Å². The normalized spacial score (nSPS) is 16.6. The van der Waals surface area contributed by atoms with Crippen LogP contribution in [0.3, 0.4) is 0 Å². The van der Waals surface area contributed by atoms with Crippen molar-refractivity contribution in [1.29, 1.82) is 0 Å². The zero-order valence-corrected chi connectivity index (χ0v) is 17.2. The molecule has 8 heteroatoms. The van der Waals surface area contributed by atoms with Crippen molar-refractivity contribution >= 4 is 33.0 Å². The second-order valence-corrected chi connectivity index (χ2v) is 9.77. The molecule has 27 heavy (non-hydrogen) atoms. The largest absolute Gasteiger partial charge is 0.325 e. The Balaban J connectivity index is 1.61. The van der Waals surface area contributed by atoms with Crippen LogP contribution in [0.5, 0.6) is 0 Å². The summed E-state index contributed by atoms with van der Waals surface area (Å²) in [6.45, 7) is 3.72. The summed E-state index contributed by atoms with van der Waals surface area (Å²) in [5.41, 5.74) is 0.594. The third-order valence-electron chi connectivity index (χ3n) is 4.85. The maximum absolute atomic E-state index is 12.5. The summed E-state index contributed by atoms with van der Waals surface area (Å²) in [7, 11) is -1.52. The minimum Gasteiger partial charge on any atom is -0.325 e. The van der Waals surface area contributed by atoms with Crippen LogP contribution in [-0.4, -0.2) is 49.7 Å². The van der Waals surface area contributed by atoms with Gasteiger partial charge < -0.3 is 5.32 Å². The van der Waals surface area contributed by atoms with Crippen molar-refractivity contribution in [2.24, 2.45) is 0 Å². The molecule has 1 N–H and O–H groups in total. The van der Waals surface area contributed by atoms with Gasteiger partial charge in [0.1, 0.15) is 0 Å². The molecule has 0 aliphatic carbocycles. The lowest BCUT2D eigenvalue weighted by atomic mass is 10.2. The number of nitrogens with one attached hydrogen (secondary N) is 1. The molecule has 146 valence electrons. The number of hydrogen-bond acceptors (Lipinski definition) is 5. The van der Waals surface area contributed by atoms with E-state index < -0.39 is 10.0 Å². The summed E-state index contributed by atoms with van der Waals surface area (Å²) < 4.78 is 26.6. The standard InChI is InChI=1S/C19H25N3O3S2/c1-15(21(2)14-17-6-5-13-26-17)19(23)20-16-7-9-18(10-8-16)27(24,25)22-11-3-4-12-22/h5-10,13,15H,3-4,11-12,14H2,1-2H3,(H,20,23)/t15-/m1/s1. The van der Waals surface area contributed by atoms with Crippen LogP contribution in [-0.2, 0) is 21.4 Å². The van der Waals surface area contributed by atoms with Crippen LogP contribution in [0.15, 0.2) is 46.7 Å². The number of sulfonamides is 1. The fourth-order valence-electron chi connectivity index (χ4n) is 3.02. The third kappa shape index (κ3) is 4.76. The Kier molecular flexibility index (Phi) is 6.31. The van der Waals surface area contributed by atoms with E-state index in [0.717, 1.165) is 12.8 Å². The molecule has 6 nitrogen and oxygen atoms in total. The number of carbonyl (C=O) groups is 1. The average molecular weight is 408 g/mol. The summed E-state index contributed by atoms with van der Waals surface area (Å²) >= 11 is 1.66. The van der Waals surface area contributed by atoms with E-state index in [-0.39, 0.29) is 16.8 Å². The van der Waals surface area contributed by atoms with E-state index in [4.69, 9.17) is 0 Å². The molecule has 1 atom stereocenters. The number of nitrogens with zero attached hydrogens (tertiary/aromatic N) is 2. The first kappa shape index (κ1) is 20.0. The second-order valence-electron chi connectivity index (χ2n) is 6.80. The first-order valence-electron chi connectivity index (χ1n) is 9.01. The molecule has 0 spiro atoms. The van der Waals surface area contributed by atoms with Crippen molar-refractivity contribution in [3.8, 4) is 0 Å². The number of rotatable bonds is 7. The Labute approximate surface area is 164 Å². The van der Waals surface area contributed by atoms with Crippen LogP contribution in [0, 0.1) is 0 Å². The van der Waals surface area contributed by atoms with E-state index in [0.29, 0.717) is 25.3 Å². The molecule has 1 fully saturated rings. The second kappa shape index (κ2) is 8.52. The monoisotopic (exact) mass is 407 g/mol. The fourth-order valence-corrected chi connectivity index (χ4v) is 5.30. The van der Waals surface area contributed by atoms with Gasteiger partial charge in [-0.2, -0.15) is 4.31 Å². The Bertz CT molecular complexity index is 858. The summed E-state index contributed by atoms with van der Waals surface area (Å²) in [4.78, 5) is 15.9. The number of hydrogen-bond donors (Lipinski definition) is 1.